The molecule has 2 heterocycles. The van der Waals surface area contributed by atoms with Gasteiger partial charge >= 0.3 is 0 Å². The van der Waals surface area contributed by atoms with E-state index in [9.17, 15) is 0 Å². The fourth-order valence-electron chi connectivity index (χ4n) is 4.95. The van der Waals surface area contributed by atoms with E-state index in [1.165, 1.54) is 33.2 Å². The summed E-state index contributed by atoms with van der Waals surface area (Å²) in [7, 11) is 0. The zero-order valence-electron chi connectivity index (χ0n) is 15.8. The van der Waals surface area contributed by atoms with Crippen molar-refractivity contribution in [2.75, 3.05) is 0 Å². The van der Waals surface area contributed by atoms with E-state index >= 15 is 0 Å². The fraction of sp³-hybridized carbons (Fsp3) is 0.120. The maximum Gasteiger partial charge on any atom is 0.116 e. The van der Waals surface area contributed by atoms with Crippen molar-refractivity contribution in [2.45, 2.75) is 19.3 Å². The van der Waals surface area contributed by atoms with Crippen molar-refractivity contribution in [2.24, 2.45) is 0 Å². The Labute approximate surface area is 163 Å². The van der Waals surface area contributed by atoms with Crippen molar-refractivity contribution < 1.29 is 0 Å². The first-order valence-corrected chi connectivity index (χ1v) is 9.61. The largest absolute Gasteiger partial charge is 0.306 e. The first-order valence-electron chi connectivity index (χ1n) is 9.61. The quantitative estimate of drug-likeness (QED) is 0.373. The minimum atomic E-state index is -0.0772. The van der Waals surface area contributed by atoms with Crippen LogP contribution in [-0.4, -0.2) is 14.5 Å². The number of para-hydroxylation sites is 1. The molecule has 0 fully saturated rings. The molecule has 0 atom stereocenters. The van der Waals surface area contributed by atoms with Gasteiger partial charge in [0.2, 0.25) is 0 Å². The van der Waals surface area contributed by atoms with E-state index in [2.05, 4.69) is 84.1 Å². The number of hydrogen-bond acceptors (Lipinski definition) is 2. The lowest BCUT2D eigenvalue weighted by molar-refractivity contribution is 0.666. The molecule has 0 unspecified atom stereocenters. The molecule has 0 amide bonds. The summed E-state index contributed by atoms with van der Waals surface area (Å²) in [5, 5.41) is 1.24. The average Bonchev–Trinajstić information content (AvgIpc) is 3.19. The second kappa shape index (κ2) is 5.29. The van der Waals surface area contributed by atoms with Crippen LogP contribution < -0.4 is 0 Å². The van der Waals surface area contributed by atoms with E-state index in [1.807, 2.05) is 12.3 Å². The molecule has 0 saturated heterocycles. The van der Waals surface area contributed by atoms with Gasteiger partial charge in [-0.2, -0.15) is 0 Å². The van der Waals surface area contributed by atoms with Crippen LogP contribution in [0.1, 0.15) is 25.0 Å². The Bertz CT molecular complexity index is 1380. The van der Waals surface area contributed by atoms with Gasteiger partial charge in [0.1, 0.15) is 11.8 Å². The van der Waals surface area contributed by atoms with E-state index < -0.39 is 0 Å². The third-order valence-corrected chi connectivity index (χ3v) is 6.12. The van der Waals surface area contributed by atoms with E-state index in [1.54, 1.807) is 6.33 Å². The van der Waals surface area contributed by atoms with Crippen molar-refractivity contribution in [1.82, 2.24) is 14.5 Å². The highest BCUT2D eigenvalue weighted by atomic mass is 15.0. The molecule has 5 aromatic rings. The van der Waals surface area contributed by atoms with Crippen LogP contribution in [0, 0.1) is 0 Å². The van der Waals surface area contributed by atoms with Crippen LogP contribution in [0.4, 0.5) is 0 Å². The molecular weight excluding hydrogens is 342 g/mol. The highest BCUT2D eigenvalue weighted by Crippen LogP contribution is 2.52. The maximum absolute atomic E-state index is 4.73. The normalized spacial score (nSPS) is 14.4. The van der Waals surface area contributed by atoms with Gasteiger partial charge in [-0.25, -0.2) is 9.97 Å². The monoisotopic (exact) mass is 361 g/mol. The Morgan fingerprint density at radius 2 is 1.57 bits per heavy atom. The molecule has 3 aromatic carbocycles. The van der Waals surface area contributed by atoms with Crippen molar-refractivity contribution in [3.63, 3.8) is 0 Å². The highest BCUT2D eigenvalue weighted by molar-refractivity contribution is 6.12. The molecule has 0 aliphatic heterocycles. The molecule has 0 spiro atoms. The molecule has 0 bridgehead atoms. The number of rotatable bonds is 1. The summed E-state index contributed by atoms with van der Waals surface area (Å²) in [6.07, 6.45) is 3.59. The Hall–Kier alpha value is -3.46. The van der Waals surface area contributed by atoms with Crippen molar-refractivity contribution in [1.29, 1.82) is 0 Å². The van der Waals surface area contributed by atoms with Crippen LogP contribution in [0.15, 0.2) is 79.3 Å². The minimum Gasteiger partial charge on any atom is -0.306 e. The zero-order chi connectivity index (χ0) is 18.9. The van der Waals surface area contributed by atoms with Crippen LogP contribution in [0.2, 0.25) is 0 Å². The van der Waals surface area contributed by atoms with Crippen LogP contribution in [0.5, 0.6) is 0 Å². The number of hydrogen-bond donors (Lipinski definition) is 0. The number of fused-ring (bicyclic) bond motifs is 7. The average molecular weight is 361 g/mol. The molecule has 3 nitrogen and oxygen atoms in total. The van der Waals surface area contributed by atoms with Crippen molar-refractivity contribution in [3.8, 4) is 16.8 Å². The van der Waals surface area contributed by atoms with Gasteiger partial charge in [-0.05, 0) is 40.5 Å². The number of aromatic nitrogens is 3. The minimum absolute atomic E-state index is 0.0772. The maximum atomic E-state index is 4.73. The third kappa shape index (κ3) is 1.83. The predicted molar refractivity (Wildman–Crippen MR) is 114 cm³/mol. The number of benzene rings is 3. The lowest BCUT2D eigenvalue weighted by Gasteiger charge is -2.22. The molecule has 0 N–H and O–H groups in total. The van der Waals surface area contributed by atoms with Gasteiger partial charge in [0, 0.05) is 16.5 Å². The van der Waals surface area contributed by atoms with Gasteiger partial charge in [0.15, 0.2) is 0 Å². The van der Waals surface area contributed by atoms with Gasteiger partial charge in [-0.1, -0.05) is 62.4 Å². The molecular formula is C25H19N3. The summed E-state index contributed by atoms with van der Waals surface area (Å²) in [6.45, 7) is 4.65. The van der Waals surface area contributed by atoms with E-state index in [4.69, 9.17) is 4.98 Å². The van der Waals surface area contributed by atoms with Crippen LogP contribution in [0.3, 0.4) is 0 Å². The molecule has 1 aliphatic carbocycles. The fourth-order valence-corrected chi connectivity index (χ4v) is 4.95. The standard InChI is InChI=1S/C25H19N3/c1-25(2)19-11-7-6-10-17(19)18-12-13-20-22(23(18)25)24-21(14-26-15-27-24)28(20)16-8-4-3-5-9-16/h3-15H,1-2H3. The molecule has 0 saturated carbocycles. The first kappa shape index (κ1) is 15.6. The topological polar surface area (TPSA) is 30.7 Å². The summed E-state index contributed by atoms with van der Waals surface area (Å²) in [5.41, 5.74) is 9.70. The molecule has 6 rings (SSSR count). The Morgan fingerprint density at radius 1 is 0.786 bits per heavy atom. The summed E-state index contributed by atoms with van der Waals surface area (Å²) < 4.78 is 2.28. The highest BCUT2D eigenvalue weighted by Gasteiger charge is 2.38. The van der Waals surface area contributed by atoms with Gasteiger partial charge in [-0.15, -0.1) is 0 Å². The van der Waals surface area contributed by atoms with Gasteiger partial charge in [-0.3, -0.25) is 0 Å². The van der Waals surface area contributed by atoms with Crippen LogP contribution >= 0.6 is 0 Å². The smallest absolute Gasteiger partial charge is 0.116 e. The molecule has 3 heteroatoms. The molecule has 1 aliphatic rings. The Balaban J connectivity index is 1.83. The third-order valence-electron chi connectivity index (χ3n) is 6.12. The second-order valence-electron chi connectivity index (χ2n) is 7.98. The molecule has 28 heavy (non-hydrogen) atoms. The lowest BCUT2D eigenvalue weighted by atomic mass is 9.81. The molecule has 2 aromatic heterocycles. The predicted octanol–water partition coefficient (Wildman–Crippen LogP) is 5.88. The Kier molecular flexibility index (Phi) is 2.95. The summed E-state index contributed by atoms with van der Waals surface area (Å²) >= 11 is 0. The van der Waals surface area contributed by atoms with E-state index in [-0.39, 0.29) is 5.41 Å². The van der Waals surface area contributed by atoms with Crippen LogP contribution in [0.25, 0.3) is 38.8 Å². The van der Waals surface area contributed by atoms with E-state index in [0.29, 0.717) is 0 Å². The number of nitrogens with zero attached hydrogens (tertiary/aromatic N) is 3. The van der Waals surface area contributed by atoms with Gasteiger partial charge in [0.05, 0.1) is 17.2 Å². The zero-order valence-corrected chi connectivity index (χ0v) is 15.8. The van der Waals surface area contributed by atoms with E-state index in [0.717, 1.165) is 16.7 Å². The summed E-state index contributed by atoms with van der Waals surface area (Å²) in [5.74, 6) is 0. The van der Waals surface area contributed by atoms with Crippen molar-refractivity contribution >= 4 is 21.9 Å². The SMILES string of the molecule is CC1(C)c2ccccc2-c2ccc3c(c21)c1ncncc1n3-c1ccccc1. The van der Waals surface area contributed by atoms with Gasteiger partial charge in [0.25, 0.3) is 0 Å². The summed E-state index contributed by atoms with van der Waals surface area (Å²) in [6, 6.07) is 23.7. The lowest BCUT2D eigenvalue weighted by Crippen LogP contribution is -2.15. The molecule has 0 radical (unpaired) electrons. The van der Waals surface area contributed by atoms with Gasteiger partial charge < -0.3 is 4.57 Å². The second-order valence-corrected chi connectivity index (χ2v) is 7.98. The van der Waals surface area contributed by atoms with Crippen molar-refractivity contribution in [3.05, 3.63) is 90.4 Å². The first-order chi connectivity index (χ1) is 13.7. The Morgan fingerprint density at radius 3 is 2.43 bits per heavy atom. The van der Waals surface area contributed by atoms with Crippen LogP contribution in [-0.2, 0) is 5.41 Å². The molecule has 134 valence electrons. The summed E-state index contributed by atoms with van der Waals surface area (Å²) in [4.78, 5) is 9.06.